The lowest BCUT2D eigenvalue weighted by Gasteiger charge is -2.23. The van der Waals surface area contributed by atoms with E-state index in [4.69, 9.17) is 10.6 Å². The van der Waals surface area contributed by atoms with Crippen LogP contribution in [-0.2, 0) is 4.84 Å². The summed E-state index contributed by atoms with van der Waals surface area (Å²) >= 11 is 0. The molecule has 0 radical (unpaired) electrons. The minimum absolute atomic E-state index is 0.120. The van der Waals surface area contributed by atoms with Gasteiger partial charge in [-0.25, -0.2) is 4.79 Å². The molecule has 2 rings (SSSR count). The first kappa shape index (κ1) is 9.79. The van der Waals surface area contributed by atoms with Gasteiger partial charge in [-0.05, 0) is 20.2 Å². The van der Waals surface area contributed by atoms with Crippen LogP contribution in [0.4, 0.5) is 4.79 Å². The molecule has 2 aliphatic rings. The molecule has 1 unspecified atom stereocenters. The Morgan fingerprint density at radius 2 is 2.33 bits per heavy atom. The van der Waals surface area contributed by atoms with Crippen molar-refractivity contribution in [2.45, 2.75) is 6.04 Å². The first-order chi connectivity index (χ1) is 7.09. The first-order valence-corrected chi connectivity index (χ1v) is 4.63. The lowest BCUT2D eigenvalue weighted by atomic mass is 10.0. The highest BCUT2D eigenvalue weighted by molar-refractivity contribution is 5.73. The van der Waals surface area contributed by atoms with Crippen LogP contribution in [0.25, 0.3) is 0 Å². The van der Waals surface area contributed by atoms with Crippen molar-refractivity contribution in [1.82, 2.24) is 9.96 Å². The molecule has 0 aromatic rings. The van der Waals surface area contributed by atoms with Gasteiger partial charge in [0.15, 0.2) is 5.76 Å². The van der Waals surface area contributed by atoms with Gasteiger partial charge in [-0.1, -0.05) is 12.2 Å². The van der Waals surface area contributed by atoms with Crippen molar-refractivity contribution in [2.75, 3.05) is 14.1 Å². The third-order valence-electron chi connectivity index (χ3n) is 2.37. The van der Waals surface area contributed by atoms with E-state index in [2.05, 4.69) is 0 Å². The van der Waals surface area contributed by atoms with Crippen molar-refractivity contribution in [3.63, 3.8) is 0 Å². The van der Waals surface area contributed by atoms with Crippen LogP contribution in [0.15, 0.2) is 35.8 Å². The van der Waals surface area contributed by atoms with Crippen LogP contribution in [0.3, 0.4) is 0 Å². The molecule has 0 fully saturated rings. The molecule has 80 valence electrons. The van der Waals surface area contributed by atoms with Crippen LogP contribution in [0, 0.1) is 0 Å². The summed E-state index contributed by atoms with van der Waals surface area (Å²) in [5, 5.41) is 1.05. The monoisotopic (exact) mass is 207 g/mol. The number of urea groups is 1. The molecule has 1 heterocycles. The number of hydrogen-bond donors (Lipinski definition) is 1. The molecule has 2 N–H and O–H groups in total. The number of likely N-dealkylation sites (N-methyl/N-ethyl adjacent to an activating group) is 1. The molecule has 1 atom stereocenters. The number of carbonyl (C=O) groups excluding carboxylic acids is 1. The van der Waals surface area contributed by atoms with Gasteiger partial charge >= 0.3 is 6.03 Å². The largest absolute Gasteiger partial charge is 0.371 e. The van der Waals surface area contributed by atoms with Crippen LogP contribution in [-0.4, -0.2) is 36.1 Å². The van der Waals surface area contributed by atoms with Gasteiger partial charge in [-0.3, -0.25) is 4.90 Å². The summed E-state index contributed by atoms with van der Waals surface area (Å²) in [5.41, 5.74) is 6.08. The number of hydrogen-bond acceptors (Lipinski definition) is 3. The smallest absolute Gasteiger partial charge is 0.352 e. The number of amides is 2. The van der Waals surface area contributed by atoms with Crippen molar-refractivity contribution in [1.29, 1.82) is 0 Å². The molecule has 0 aromatic carbocycles. The number of nitrogens with two attached hydrogens (primary N) is 1. The second-order valence-electron chi connectivity index (χ2n) is 3.66. The number of carbonyl (C=O) groups is 1. The van der Waals surface area contributed by atoms with Crippen LogP contribution < -0.4 is 5.73 Å². The average molecular weight is 207 g/mol. The maximum atomic E-state index is 10.9. The van der Waals surface area contributed by atoms with Gasteiger partial charge in [0, 0.05) is 5.57 Å². The molecule has 1 aliphatic heterocycles. The van der Waals surface area contributed by atoms with E-state index in [-0.39, 0.29) is 6.04 Å². The number of allylic oxidation sites excluding steroid dienone is 2. The second kappa shape index (κ2) is 3.43. The predicted octanol–water partition coefficient (Wildman–Crippen LogP) is 0.580. The Morgan fingerprint density at radius 3 is 2.93 bits per heavy atom. The van der Waals surface area contributed by atoms with Gasteiger partial charge in [0.05, 0.1) is 12.2 Å². The summed E-state index contributed by atoms with van der Waals surface area (Å²) in [4.78, 5) is 18.2. The van der Waals surface area contributed by atoms with E-state index < -0.39 is 6.03 Å². The number of rotatable bonds is 1. The van der Waals surface area contributed by atoms with Crippen LogP contribution in [0.2, 0.25) is 0 Å². The normalized spacial score (nSPS) is 23.4. The van der Waals surface area contributed by atoms with Crippen molar-refractivity contribution in [3.8, 4) is 0 Å². The molecule has 0 aromatic heterocycles. The summed E-state index contributed by atoms with van der Waals surface area (Å²) in [6.07, 6.45) is 7.38. The highest BCUT2D eigenvalue weighted by Crippen LogP contribution is 2.30. The van der Waals surface area contributed by atoms with E-state index in [1.165, 1.54) is 0 Å². The minimum Gasteiger partial charge on any atom is -0.371 e. The van der Waals surface area contributed by atoms with Gasteiger partial charge in [0.1, 0.15) is 0 Å². The van der Waals surface area contributed by atoms with Crippen LogP contribution >= 0.6 is 0 Å². The highest BCUT2D eigenvalue weighted by atomic mass is 16.7. The molecule has 0 bridgehead atoms. The molecule has 5 heteroatoms. The number of nitrogens with zero attached hydrogens (tertiary/aromatic N) is 2. The van der Waals surface area contributed by atoms with Gasteiger partial charge in [0.25, 0.3) is 0 Å². The molecule has 2 amide bonds. The summed E-state index contributed by atoms with van der Waals surface area (Å²) in [7, 11) is 3.93. The SMILES string of the molecule is CN(C)C1C=CC=C2ON(C(N)=O)C=C21. The van der Waals surface area contributed by atoms with E-state index in [1.807, 2.05) is 37.2 Å². The molecular weight excluding hydrogens is 194 g/mol. The number of hydroxylamine groups is 2. The zero-order valence-corrected chi connectivity index (χ0v) is 8.68. The third kappa shape index (κ3) is 1.61. The van der Waals surface area contributed by atoms with E-state index in [9.17, 15) is 4.79 Å². The Hall–Kier alpha value is -1.75. The Bertz CT molecular complexity index is 382. The fourth-order valence-corrected chi connectivity index (χ4v) is 1.63. The number of fused-ring (bicyclic) bond motifs is 1. The standard InChI is InChI=1S/C10H13N3O2/c1-12(2)8-4-3-5-9-7(8)6-13(15-9)10(11)14/h3-6,8H,1-2H3,(H2,11,14). The summed E-state index contributed by atoms with van der Waals surface area (Å²) in [5.74, 6) is 0.676. The molecule has 0 saturated heterocycles. The first-order valence-electron chi connectivity index (χ1n) is 4.63. The zero-order valence-electron chi connectivity index (χ0n) is 8.68. The van der Waals surface area contributed by atoms with Crippen molar-refractivity contribution >= 4 is 6.03 Å². The molecule has 5 nitrogen and oxygen atoms in total. The van der Waals surface area contributed by atoms with Gasteiger partial charge in [-0.15, -0.1) is 5.06 Å². The van der Waals surface area contributed by atoms with E-state index in [1.54, 1.807) is 6.20 Å². The maximum Gasteiger partial charge on any atom is 0.352 e. The van der Waals surface area contributed by atoms with Crippen molar-refractivity contribution in [2.24, 2.45) is 5.73 Å². The third-order valence-corrected chi connectivity index (χ3v) is 2.37. The Balaban J connectivity index is 2.30. The zero-order chi connectivity index (χ0) is 11.0. The lowest BCUT2D eigenvalue weighted by molar-refractivity contribution is -0.00995. The topological polar surface area (TPSA) is 58.8 Å². The van der Waals surface area contributed by atoms with Gasteiger partial charge in [-0.2, -0.15) is 0 Å². The van der Waals surface area contributed by atoms with Crippen LogP contribution in [0.5, 0.6) is 0 Å². The van der Waals surface area contributed by atoms with E-state index >= 15 is 0 Å². The minimum atomic E-state index is -0.615. The molecular formula is C10H13N3O2. The predicted molar refractivity (Wildman–Crippen MR) is 55.3 cm³/mol. The molecule has 1 aliphatic carbocycles. The molecule has 0 spiro atoms. The van der Waals surface area contributed by atoms with Gasteiger partial charge < -0.3 is 10.6 Å². The lowest BCUT2D eigenvalue weighted by Crippen LogP contribution is -2.29. The Labute approximate surface area is 88.0 Å². The van der Waals surface area contributed by atoms with Crippen molar-refractivity contribution < 1.29 is 9.63 Å². The van der Waals surface area contributed by atoms with Crippen LogP contribution in [0.1, 0.15) is 0 Å². The van der Waals surface area contributed by atoms with E-state index in [0.29, 0.717) is 5.76 Å². The highest BCUT2D eigenvalue weighted by Gasteiger charge is 2.30. The van der Waals surface area contributed by atoms with Gasteiger partial charge in [0.2, 0.25) is 0 Å². The summed E-state index contributed by atoms with van der Waals surface area (Å²) in [6, 6.07) is -0.496. The average Bonchev–Trinajstić information content (AvgIpc) is 2.60. The molecule has 15 heavy (non-hydrogen) atoms. The fourth-order valence-electron chi connectivity index (χ4n) is 1.63. The quantitative estimate of drug-likeness (QED) is 0.684. The Morgan fingerprint density at radius 1 is 1.60 bits per heavy atom. The molecule has 0 saturated carbocycles. The Kier molecular flexibility index (Phi) is 2.24. The maximum absolute atomic E-state index is 10.9. The fraction of sp³-hybridized carbons (Fsp3) is 0.300. The van der Waals surface area contributed by atoms with E-state index in [0.717, 1.165) is 10.6 Å². The summed E-state index contributed by atoms with van der Waals surface area (Å²) in [6.45, 7) is 0. The number of primary amides is 1. The van der Waals surface area contributed by atoms with Crippen molar-refractivity contribution in [3.05, 3.63) is 35.8 Å². The second-order valence-corrected chi connectivity index (χ2v) is 3.66. The summed E-state index contributed by atoms with van der Waals surface area (Å²) < 4.78 is 0.